The van der Waals surface area contributed by atoms with Crippen LogP contribution in [0.4, 0.5) is 5.82 Å². The molecule has 5 nitrogen and oxygen atoms in total. The van der Waals surface area contributed by atoms with E-state index < -0.39 is 0 Å². The number of rotatable bonds is 3. The van der Waals surface area contributed by atoms with E-state index in [1.165, 1.54) is 0 Å². The first-order valence-electron chi connectivity index (χ1n) is 6.62. The highest BCUT2D eigenvalue weighted by molar-refractivity contribution is 5.91. The van der Waals surface area contributed by atoms with Crippen LogP contribution < -0.4 is 5.32 Å². The molecule has 0 radical (unpaired) electrons. The molecule has 0 bridgehead atoms. The van der Waals surface area contributed by atoms with E-state index in [4.69, 9.17) is 0 Å². The number of nitrogens with zero attached hydrogens (tertiary/aromatic N) is 2. The summed E-state index contributed by atoms with van der Waals surface area (Å²) in [7, 11) is 0. The quantitative estimate of drug-likeness (QED) is 0.902. The van der Waals surface area contributed by atoms with E-state index in [2.05, 4.69) is 41.3 Å². The Kier molecular flexibility index (Phi) is 3.88. The second kappa shape index (κ2) is 5.45. The molecule has 0 atom stereocenters. The van der Waals surface area contributed by atoms with E-state index in [9.17, 15) is 4.79 Å². The standard InChI is InChI=1S/C15H20N4O/c1-10-6-5-7-16-11(10)8-14(20)17-13-9-12(18-19-13)15(2,3)4/h5-7,9H,8H2,1-4H3,(H2,17,18,19,20). The molecule has 0 aliphatic heterocycles. The molecule has 0 saturated carbocycles. The number of aromatic amines is 1. The van der Waals surface area contributed by atoms with Gasteiger partial charge >= 0.3 is 0 Å². The van der Waals surface area contributed by atoms with Crippen LogP contribution in [0.25, 0.3) is 0 Å². The van der Waals surface area contributed by atoms with Crippen LogP contribution in [-0.2, 0) is 16.6 Å². The van der Waals surface area contributed by atoms with Crippen molar-refractivity contribution in [1.29, 1.82) is 0 Å². The first-order chi connectivity index (χ1) is 9.36. The Bertz CT molecular complexity index is 610. The van der Waals surface area contributed by atoms with E-state index in [1.54, 1.807) is 6.20 Å². The van der Waals surface area contributed by atoms with Crippen LogP contribution in [0.15, 0.2) is 24.4 Å². The minimum Gasteiger partial charge on any atom is -0.309 e. The van der Waals surface area contributed by atoms with Crippen molar-refractivity contribution < 1.29 is 4.79 Å². The summed E-state index contributed by atoms with van der Waals surface area (Å²) in [4.78, 5) is 16.2. The zero-order valence-electron chi connectivity index (χ0n) is 12.3. The molecule has 2 heterocycles. The number of amides is 1. The molecular formula is C15H20N4O. The summed E-state index contributed by atoms with van der Waals surface area (Å²) in [5.74, 6) is 0.437. The summed E-state index contributed by atoms with van der Waals surface area (Å²) in [6, 6.07) is 5.67. The van der Waals surface area contributed by atoms with Crippen LogP contribution in [0.5, 0.6) is 0 Å². The van der Waals surface area contributed by atoms with Gasteiger partial charge in [-0.2, -0.15) is 5.10 Å². The number of H-pyrrole nitrogens is 1. The van der Waals surface area contributed by atoms with E-state index in [0.717, 1.165) is 17.0 Å². The second-order valence-corrected chi connectivity index (χ2v) is 5.91. The Balaban J connectivity index is 2.02. The number of aryl methyl sites for hydroxylation is 1. The van der Waals surface area contributed by atoms with Crippen molar-refractivity contribution in [3.8, 4) is 0 Å². The highest BCUT2D eigenvalue weighted by Crippen LogP contribution is 2.21. The zero-order chi connectivity index (χ0) is 14.8. The summed E-state index contributed by atoms with van der Waals surface area (Å²) in [5, 5.41) is 9.84. The third-order valence-corrected chi connectivity index (χ3v) is 3.10. The fourth-order valence-electron chi connectivity index (χ4n) is 1.81. The minimum atomic E-state index is -0.112. The van der Waals surface area contributed by atoms with Crippen molar-refractivity contribution in [3.63, 3.8) is 0 Å². The van der Waals surface area contributed by atoms with E-state index in [1.807, 2.05) is 25.1 Å². The molecule has 20 heavy (non-hydrogen) atoms. The first-order valence-corrected chi connectivity index (χ1v) is 6.62. The Labute approximate surface area is 118 Å². The molecule has 2 N–H and O–H groups in total. The smallest absolute Gasteiger partial charge is 0.231 e. The Morgan fingerprint density at radius 2 is 2.15 bits per heavy atom. The molecule has 106 valence electrons. The Morgan fingerprint density at radius 1 is 1.40 bits per heavy atom. The third-order valence-electron chi connectivity index (χ3n) is 3.10. The summed E-state index contributed by atoms with van der Waals surface area (Å²) in [5.41, 5.74) is 2.77. The van der Waals surface area contributed by atoms with Crippen LogP contribution in [-0.4, -0.2) is 21.1 Å². The fourth-order valence-corrected chi connectivity index (χ4v) is 1.81. The maximum Gasteiger partial charge on any atom is 0.231 e. The fraction of sp³-hybridized carbons (Fsp3) is 0.400. The SMILES string of the molecule is Cc1cccnc1CC(=O)Nc1cc(C(C)(C)C)[nH]n1. The monoisotopic (exact) mass is 272 g/mol. The molecule has 2 aromatic heterocycles. The van der Waals surface area contributed by atoms with Crippen molar-refractivity contribution in [3.05, 3.63) is 41.3 Å². The number of nitrogens with one attached hydrogen (secondary N) is 2. The molecule has 1 amide bonds. The first kappa shape index (κ1) is 14.2. The molecule has 2 aromatic rings. The summed E-state index contributed by atoms with van der Waals surface area (Å²) < 4.78 is 0. The number of hydrogen-bond acceptors (Lipinski definition) is 3. The molecule has 0 saturated heterocycles. The highest BCUT2D eigenvalue weighted by atomic mass is 16.1. The lowest BCUT2D eigenvalue weighted by Crippen LogP contribution is -2.16. The van der Waals surface area contributed by atoms with Crippen molar-refractivity contribution in [2.45, 2.75) is 39.5 Å². The largest absolute Gasteiger partial charge is 0.309 e. The molecule has 0 spiro atoms. The van der Waals surface area contributed by atoms with Crippen LogP contribution in [0.1, 0.15) is 37.7 Å². The lowest BCUT2D eigenvalue weighted by molar-refractivity contribution is -0.115. The number of carbonyl (C=O) groups is 1. The zero-order valence-corrected chi connectivity index (χ0v) is 12.3. The lowest BCUT2D eigenvalue weighted by Gasteiger charge is -2.14. The van der Waals surface area contributed by atoms with Gasteiger partial charge in [0.2, 0.25) is 5.91 Å². The van der Waals surface area contributed by atoms with Gasteiger partial charge in [-0.1, -0.05) is 26.8 Å². The van der Waals surface area contributed by atoms with Gasteiger partial charge in [-0.15, -0.1) is 0 Å². The maximum atomic E-state index is 12.0. The van der Waals surface area contributed by atoms with Crippen molar-refractivity contribution in [2.75, 3.05) is 5.32 Å². The van der Waals surface area contributed by atoms with E-state index in [0.29, 0.717) is 5.82 Å². The molecule has 0 aliphatic rings. The molecule has 2 rings (SSSR count). The second-order valence-electron chi connectivity index (χ2n) is 5.91. The average molecular weight is 272 g/mol. The van der Waals surface area contributed by atoms with Gasteiger partial charge in [0, 0.05) is 23.4 Å². The normalized spacial score (nSPS) is 11.4. The van der Waals surface area contributed by atoms with Gasteiger partial charge in [-0.25, -0.2) is 0 Å². The maximum absolute atomic E-state index is 12.0. The molecule has 0 aliphatic carbocycles. The van der Waals surface area contributed by atoms with E-state index >= 15 is 0 Å². The van der Waals surface area contributed by atoms with Gasteiger partial charge in [0.05, 0.1) is 12.1 Å². The van der Waals surface area contributed by atoms with Crippen LogP contribution in [0.3, 0.4) is 0 Å². The lowest BCUT2D eigenvalue weighted by atomic mass is 9.92. The number of hydrogen-bond donors (Lipinski definition) is 2. The van der Waals surface area contributed by atoms with Crippen molar-refractivity contribution in [2.24, 2.45) is 0 Å². The van der Waals surface area contributed by atoms with Gasteiger partial charge in [-0.05, 0) is 18.6 Å². The predicted octanol–water partition coefficient (Wildman–Crippen LogP) is 2.59. The van der Waals surface area contributed by atoms with Gasteiger partial charge in [-0.3, -0.25) is 14.9 Å². The summed E-state index contributed by atoms with van der Waals surface area (Å²) in [6.07, 6.45) is 1.95. The summed E-state index contributed by atoms with van der Waals surface area (Å²) in [6.45, 7) is 8.21. The van der Waals surface area contributed by atoms with Crippen molar-refractivity contribution in [1.82, 2.24) is 15.2 Å². The molecule has 0 fully saturated rings. The molecule has 0 aromatic carbocycles. The number of anilines is 1. The number of carbonyl (C=O) groups excluding carboxylic acids is 1. The third kappa shape index (κ3) is 3.44. The molecular weight excluding hydrogens is 252 g/mol. The topological polar surface area (TPSA) is 70.7 Å². The molecule has 5 heteroatoms. The summed E-state index contributed by atoms with van der Waals surface area (Å²) >= 11 is 0. The molecule has 0 unspecified atom stereocenters. The van der Waals surface area contributed by atoms with Gasteiger partial charge in [0.1, 0.15) is 0 Å². The predicted molar refractivity (Wildman–Crippen MR) is 78.6 cm³/mol. The van der Waals surface area contributed by atoms with Gasteiger partial charge in [0.15, 0.2) is 5.82 Å². The van der Waals surface area contributed by atoms with Crippen molar-refractivity contribution >= 4 is 11.7 Å². The van der Waals surface area contributed by atoms with Crippen LogP contribution in [0.2, 0.25) is 0 Å². The average Bonchev–Trinajstić information content (AvgIpc) is 2.80. The van der Waals surface area contributed by atoms with Crippen LogP contribution in [0, 0.1) is 6.92 Å². The Morgan fingerprint density at radius 3 is 2.75 bits per heavy atom. The van der Waals surface area contributed by atoms with Gasteiger partial charge in [0.25, 0.3) is 0 Å². The Hall–Kier alpha value is -2.17. The van der Waals surface area contributed by atoms with Gasteiger partial charge < -0.3 is 5.32 Å². The van der Waals surface area contributed by atoms with Crippen LogP contribution >= 0.6 is 0 Å². The number of pyridine rings is 1. The minimum absolute atomic E-state index is 0.0203. The van der Waals surface area contributed by atoms with E-state index in [-0.39, 0.29) is 17.7 Å². The highest BCUT2D eigenvalue weighted by Gasteiger charge is 2.17. The number of aromatic nitrogens is 3.